The van der Waals surface area contributed by atoms with Crippen molar-refractivity contribution in [3.8, 4) is 0 Å². The van der Waals surface area contributed by atoms with Crippen LogP contribution < -0.4 is 4.90 Å². The summed E-state index contributed by atoms with van der Waals surface area (Å²) < 4.78 is 5.47. The summed E-state index contributed by atoms with van der Waals surface area (Å²) in [4.78, 5) is 2.49. The summed E-state index contributed by atoms with van der Waals surface area (Å²) in [7, 11) is 0. The fourth-order valence-electron chi connectivity index (χ4n) is 3.54. The summed E-state index contributed by atoms with van der Waals surface area (Å²) in [5.74, 6) is 0. The molecule has 3 heteroatoms. The highest BCUT2D eigenvalue weighted by Gasteiger charge is 2.35. The molecule has 0 atom stereocenters. The third kappa shape index (κ3) is 2.70. The molecule has 0 aromatic heterocycles. The molecule has 0 amide bonds. The molecule has 110 valence electrons. The maximum Gasteiger partial charge on any atom is 0.0506 e. The second kappa shape index (κ2) is 5.74. The lowest BCUT2D eigenvalue weighted by molar-refractivity contribution is -0.0119. The zero-order valence-corrected chi connectivity index (χ0v) is 12.4. The minimum absolute atomic E-state index is 0.0255. The number of hydrogen-bond donors (Lipinski definition) is 1. The van der Waals surface area contributed by atoms with E-state index in [1.807, 2.05) is 0 Å². The van der Waals surface area contributed by atoms with Crippen LogP contribution >= 0.6 is 0 Å². The van der Waals surface area contributed by atoms with E-state index in [4.69, 9.17) is 4.74 Å². The van der Waals surface area contributed by atoms with E-state index in [1.165, 1.54) is 29.7 Å². The predicted molar refractivity (Wildman–Crippen MR) is 81.3 cm³/mol. The van der Waals surface area contributed by atoms with Crippen molar-refractivity contribution in [2.45, 2.75) is 32.6 Å². The SMILES string of the molecule is Cc1ccc2c(c1)CCCN2CC1(CO)CCOCC1. The van der Waals surface area contributed by atoms with Gasteiger partial charge in [-0.3, -0.25) is 0 Å². The lowest BCUT2D eigenvalue weighted by atomic mass is 9.80. The highest BCUT2D eigenvalue weighted by molar-refractivity contribution is 5.56. The van der Waals surface area contributed by atoms with E-state index < -0.39 is 0 Å². The van der Waals surface area contributed by atoms with Crippen LogP contribution in [0.4, 0.5) is 5.69 Å². The van der Waals surface area contributed by atoms with Crippen LogP contribution in [0.25, 0.3) is 0 Å². The van der Waals surface area contributed by atoms with Crippen molar-refractivity contribution in [1.29, 1.82) is 0 Å². The number of aliphatic hydroxyl groups excluding tert-OH is 1. The number of anilines is 1. The Morgan fingerprint density at radius 1 is 1.30 bits per heavy atom. The fourth-order valence-corrected chi connectivity index (χ4v) is 3.54. The van der Waals surface area contributed by atoms with E-state index in [-0.39, 0.29) is 12.0 Å². The summed E-state index contributed by atoms with van der Waals surface area (Å²) in [5.41, 5.74) is 4.21. The van der Waals surface area contributed by atoms with Gasteiger partial charge in [0.15, 0.2) is 0 Å². The normalized spacial score (nSPS) is 21.6. The van der Waals surface area contributed by atoms with Gasteiger partial charge >= 0.3 is 0 Å². The molecule has 1 saturated heterocycles. The molecule has 0 saturated carbocycles. The first kappa shape index (κ1) is 13.9. The quantitative estimate of drug-likeness (QED) is 0.920. The summed E-state index contributed by atoms with van der Waals surface area (Å²) in [6, 6.07) is 6.78. The number of fused-ring (bicyclic) bond motifs is 1. The number of nitrogens with zero attached hydrogens (tertiary/aromatic N) is 1. The van der Waals surface area contributed by atoms with Crippen LogP contribution in [0.15, 0.2) is 18.2 Å². The minimum atomic E-state index is 0.0255. The van der Waals surface area contributed by atoms with Gasteiger partial charge in [0.25, 0.3) is 0 Å². The van der Waals surface area contributed by atoms with Crippen LogP contribution in [-0.2, 0) is 11.2 Å². The van der Waals surface area contributed by atoms with Crippen molar-refractivity contribution in [1.82, 2.24) is 0 Å². The van der Waals surface area contributed by atoms with Gasteiger partial charge in [0.2, 0.25) is 0 Å². The van der Waals surface area contributed by atoms with E-state index in [0.717, 1.165) is 39.1 Å². The molecule has 0 bridgehead atoms. The second-order valence-corrected chi connectivity index (χ2v) is 6.43. The molecular weight excluding hydrogens is 250 g/mol. The van der Waals surface area contributed by atoms with Gasteiger partial charge in [-0.2, -0.15) is 0 Å². The number of hydrogen-bond acceptors (Lipinski definition) is 3. The van der Waals surface area contributed by atoms with Gasteiger partial charge in [-0.1, -0.05) is 17.7 Å². The smallest absolute Gasteiger partial charge is 0.0506 e. The number of aliphatic hydroxyl groups is 1. The molecule has 3 nitrogen and oxygen atoms in total. The zero-order chi connectivity index (χ0) is 14.0. The van der Waals surface area contributed by atoms with Gasteiger partial charge in [-0.05, 0) is 44.2 Å². The Bertz CT molecular complexity index is 466. The minimum Gasteiger partial charge on any atom is -0.396 e. The molecule has 0 radical (unpaired) electrons. The van der Waals surface area contributed by atoms with E-state index in [1.54, 1.807) is 0 Å². The maximum absolute atomic E-state index is 9.88. The van der Waals surface area contributed by atoms with Crippen LogP contribution in [0, 0.1) is 12.3 Å². The Labute approximate surface area is 121 Å². The van der Waals surface area contributed by atoms with E-state index in [0.29, 0.717) is 0 Å². The Morgan fingerprint density at radius 2 is 2.10 bits per heavy atom. The van der Waals surface area contributed by atoms with Gasteiger partial charge in [-0.15, -0.1) is 0 Å². The van der Waals surface area contributed by atoms with Crippen molar-refractivity contribution >= 4 is 5.69 Å². The molecular formula is C17H25NO2. The van der Waals surface area contributed by atoms with Crippen LogP contribution in [-0.4, -0.2) is 38.0 Å². The van der Waals surface area contributed by atoms with Crippen LogP contribution in [0.2, 0.25) is 0 Å². The summed E-state index contributed by atoms with van der Waals surface area (Å²) >= 11 is 0. The van der Waals surface area contributed by atoms with Gasteiger partial charge in [-0.25, -0.2) is 0 Å². The molecule has 20 heavy (non-hydrogen) atoms. The van der Waals surface area contributed by atoms with Crippen molar-refractivity contribution < 1.29 is 9.84 Å². The van der Waals surface area contributed by atoms with Gasteiger partial charge in [0.05, 0.1) is 6.61 Å². The summed E-state index contributed by atoms with van der Waals surface area (Å²) in [6.07, 6.45) is 4.35. The molecule has 0 aliphatic carbocycles. The fraction of sp³-hybridized carbons (Fsp3) is 0.647. The predicted octanol–water partition coefficient (Wildman–Crippen LogP) is 2.54. The number of aryl methyl sites for hydroxylation is 2. The zero-order valence-electron chi connectivity index (χ0n) is 12.4. The number of ether oxygens (including phenoxy) is 1. The van der Waals surface area contributed by atoms with Crippen molar-refractivity contribution in [3.05, 3.63) is 29.3 Å². The molecule has 1 N–H and O–H groups in total. The highest BCUT2D eigenvalue weighted by atomic mass is 16.5. The molecule has 1 aromatic carbocycles. The largest absolute Gasteiger partial charge is 0.396 e. The van der Waals surface area contributed by atoms with E-state index in [2.05, 4.69) is 30.0 Å². The molecule has 1 aromatic rings. The lowest BCUT2D eigenvalue weighted by Gasteiger charge is -2.42. The van der Waals surface area contributed by atoms with E-state index >= 15 is 0 Å². The number of rotatable bonds is 3. The van der Waals surface area contributed by atoms with Crippen molar-refractivity contribution in [3.63, 3.8) is 0 Å². The maximum atomic E-state index is 9.88. The highest BCUT2D eigenvalue weighted by Crippen LogP contribution is 2.35. The third-order valence-corrected chi connectivity index (χ3v) is 4.86. The van der Waals surface area contributed by atoms with Gasteiger partial charge in [0.1, 0.15) is 0 Å². The monoisotopic (exact) mass is 275 g/mol. The third-order valence-electron chi connectivity index (χ3n) is 4.86. The summed E-state index contributed by atoms with van der Waals surface area (Å²) in [6.45, 7) is 6.08. The Morgan fingerprint density at radius 3 is 2.85 bits per heavy atom. The Kier molecular flexibility index (Phi) is 3.99. The Hall–Kier alpha value is -1.06. The Balaban J connectivity index is 1.81. The second-order valence-electron chi connectivity index (χ2n) is 6.43. The topological polar surface area (TPSA) is 32.7 Å². The van der Waals surface area contributed by atoms with Crippen LogP contribution in [0.3, 0.4) is 0 Å². The molecule has 0 unspecified atom stereocenters. The lowest BCUT2D eigenvalue weighted by Crippen LogP contribution is -2.45. The van der Waals surface area contributed by atoms with Crippen molar-refractivity contribution in [2.24, 2.45) is 5.41 Å². The molecule has 2 aliphatic heterocycles. The van der Waals surface area contributed by atoms with Crippen LogP contribution in [0.1, 0.15) is 30.4 Å². The molecule has 0 spiro atoms. The van der Waals surface area contributed by atoms with Crippen molar-refractivity contribution in [2.75, 3.05) is 37.8 Å². The molecule has 2 aliphatic rings. The first-order valence-corrected chi connectivity index (χ1v) is 7.76. The van der Waals surface area contributed by atoms with Gasteiger partial charge in [0, 0.05) is 37.4 Å². The molecule has 2 heterocycles. The van der Waals surface area contributed by atoms with E-state index in [9.17, 15) is 5.11 Å². The standard InChI is InChI=1S/C17H25NO2/c1-14-4-5-16-15(11-14)3-2-8-18(16)12-17(13-19)6-9-20-10-7-17/h4-5,11,19H,2-3,6-10,12-13H2,1H3. The summed E-state index contributed by atoms with van der Waals surface area (Å²) in [5, 5.41) is 9.88. The van der Waals surface area contributed by atoms with Crippen LogP contribution in [0.5, 0.6) is 0 Å². The average molecular weight is 275 g/mol. The number of benzene rings is 1. The molecule has 1 fully saturated rings. The average Bonchev–Trinajstić information content (AvgIpc) is 2.48. The molecule has 3 rings (SSSR count). The first-order chi connectivity index (χ1) is 9.72. The first-order valence-electron chi connectivity index (χ1n) is 7.76. The van der Waals surface area contributed by atoms with Gasteiger partial charge < -0.3 is 14.7 Å².